The molecule has 0 bridgehead atoms. The van der Waals surface area contributed by atoms with Crippen LogP contribution in [0.3, 0.4) is 0 Å². The predicted molar refractivity (Wildman–Crippen MR) is 133 cm³/mol. The number of nitrogens with zero attached hydrogens (tertiary/aromatic N) is 3. The Kier molecular flexibility index (Phi) is 7.13. The summed E-state index contributed by atoms with van der Waals surface area (Å²) in [5.74, 6) is -0.457. The van der Waals surface area contributed by atoms with Gasteiger partial charge in [-0.2, -0.15) is 15.7 Å². The minimum Gasteiger partial charge on any atom is -0.299 e. The molecule has 1 aliphatic heterocycles. The lowest BCUT2D eigenvalue weighted by molar-refractivity contribution is 0.0792. The van der Waals surface area contributed by atoms with Crippen molar-refractivity contribution in [1.29, 1.82) is 0 Å². The van der Waals surface area contributed by atoms with Crippen LogP contribution in [0.25, 0.3) is 16.9 Å². The minimum atomic E-state index is -2.58. The van der Waals surface area contributed by atoms with Crippen molar-refractivity contribution in [3.63, 3.8) is 0 Å². The number of nitrogens with one attached hydrogen (secondary N) is 1. The molecule has 7 nitrogen and oxygen atoms in total. The summed E-state index contributed by atoms with van der Waals surface area (Å²) in [5, 5.41) is 6.44. The van der Waals surface area contributed by atoms with Crippen LogP contribution in [-0.2, 0) is 6.42 Å². The van der Waals surface area contributed by atoms with Crippen LogP contribution in [0.4, 0.5) is 4.39 Å². The number of aromatic nitrogens is 2. The minimum absolute atomic E-state index is 0.173. The van der Waals surface area contributed by atoms with Crippen molar-refractivity contribution in [2.24, 2.45) is 0 Å². The first-order chi connectivity index (χ1) is 15.7. The molecule has 0 aliphatic carbocycles. The molecule has 33 heavy (non-hydrogen) atoms. The third-order valence-corrected chi connectivity index (χ3v) is 7.95. The highest BCUT2D eigenvalue weighted by molar-refractivity contribution is 9.10. The Morgan fingerprint density at radius 1 is 1.21 bits per heavy atom. The fourth-order valence-corrected chi connectivity index (χ4v) is 5.48. The molecule has 0 spiro atoms. The van der Waals surface area contributed by atoms with Crippen LogP contribution in [-0.4, -0.2) is 54.4 Å². The maximum atomic E-state index is 13.7. The second-order valence-electron chi connectivity index (χ2n) is 7.68. The van der Waals surface area contributed by atoms with Crippen molar-refractivity contribution < 1.29 is 18.3 Å². The fourth-order valence-electron chi connectivity index (χ4n) is 3.73. The molecule has 1 aliphatic rings. The van der Waals surface area contributed by atoms with Gasteiger partial charge in [0.25, 0.3) is 5.91 Å². The van der Waals surface area contributed by atoms with Crippen molar-refractivity contribution in [3.05, 3.63) is 69.0 Å². The SMILES string of the molecule is CCc1c(C(=O)NN2CCS(O)(O)CC2)nn(-c2ccc(F)cc2Cl)c1-c1ccc(Br)cc1. The number of rotatable bonds is 5. The van der Waals surface area contributed by atoms with E-state index in [1.54, 1.807) is 9.69 Å². The summed E-state index contributed by atoms with van der Waals surface area (Å²) in [7, 11) is -2.58. The van der Waals surface area contributed by atoms with Crippen LogP contribution in [0, 0.1) is 5.82 Å². The van der Waals surface area contributed by atoms with E-state index in [9.17, 15) is 18.3 Å². The Morgan fingerprint density at radius 2 is 1.88 bits per heavy atom. The summed E-state index contributed by atoms with van der Waals surface area (Å²) in [5.41, 5.74) is 5.76. The largest absolute Gasteiger partial charge is 0.299 e. The van der Waals surface area contributed by atoms with Crippen molar-refractivity contribution in [2.45, 2.75) is 13.3 Å². The molecule has 0 atom stereocenters. The number of carbonyl (C=O) groups is 1. The van der Waals surface area contributed by atoms with Crippen LogP contribution >= 0.6 is 38.1 Å². The summed E-state index contributed by atoms with van der Waals surface area (Å²) in [6.45, 7) is 2.60. The number of hydrogen-bond donors (Lipinski definition) is 3. The molecule has 4 rings (SSSR count). The van der Waals surface area contributed by atoms with E-state index < -0.39 is 22.3 Å². The third kappa shape index (κ3) is 5.26. The van der Waals surface area contributed by atoms with E-state index in [0.717, 1.165) is 15.6 Å². The fraction of sp³-hybridized carbons (Fsp3) is 0.273. The van der Waals surface area contributed by atoms with E-state index in [2.05, 4.69) is 26.5 Å². The van der Waals surface area contributed by atoms with Crippen LogP contribution in [0.15, 0.2) is 46.9 Å². The van der Waals surface area contributed by atoms with Gasteiger partial charge in [-0.3, -0.25) is 19.3 Å². The van der Waals surface area contributed by atoms with E-state index >= 15 is 0 Å². The molecule has 0 radical (unpaired) electrons. The molecule has 1 saturated heterocycles. The molecular weight excluding hydrogens is 535 g/mol. The zero-order valence-corrected chi connectivity index (χ0v) is 20.9. The lowest BCUT2D eigenvalue weighted by atomic mass is 10.0. The second kappa shape index (κ2) is 9.73. The molecule has 1 aromatic heterocycles. The molecule has 3 N–H and O–H groups in total. The van der Waals surface area contributed by atoms with Crippen molar-refractivity contribution in [2.75, 3.05) is 24.6 Å². The van der Waals surface area contributed by atoms with Crippen molar-refractivity contribution in [3.8, 4) is 16.9 Å². The highest BCUT2D eigenvalue weighted by Crippen LogP contribution is 2.40. The average molecular weight is 558 g/mol. The normalized spacial score (nSPS) is 17.0. The zero-order chi connectivity index (χ0) is 23.8. The van der Waals surface area contributed by atoms with E-state index in [1.165, 1.54) is 18.2 Å². The monoisotopic (exact) mass is 556 g/mol. The molecule has 2 heterocycles. The molecular formula is C22H23BrClFN4O3S. The van der Waals surface area contributed by atoms with Crippen LogP contribution in [0.1, 0.15) is 23.0 Å². The Hall–Kier alpha value is -1.95. The van der Waals surface area contributed by atoms with Gasteiger partial charge in [-0.05, 0) is 36.8 Å². The summed E-state index contributed by atoms with van der Waals surface area (Å²) in [6, 6.07) is 11.6. The first-order valence-electron chi connectivity index (χ1n) is 10.3. The van der Waals surface area contributed by atoms with Gasteiger partial charge in [0.1, 0.15) is 5.82 Å². The molecule has 1 fully saturated rings. The van der Waals surface area contributed by atoms with Gasteiger partial charge in [0, 0.05) is 28.7 Å². The van der Waals surface area contributed by atoms with Gasteiger partial charge in [0.2, 0.25) is 0 Å². The first kappa shape index (κ1) is 24.2. The molecule has 0 saturated carbocycles. The highest BCUT2D eigenvalue weighted by Gasteiger charge is 2.28. The van der Waals surface area contributed by atoms with E-state index in [0.29, 0.717) is 30.9 Å². The number of carbonyl (C=O) groups excluding carboxylic acids is 1. The quantitative estimate of drug-likeness (QED) is 0.393. The second-order valence-corrected chi connectivity index (χ2v) is 11.4. The average Bonchev–Trinajstić information content (AvgIpc) is 3.15. The molecule has 3 aromatic rings. The standard InChI is InChI=1S/C22H23BrClFN4O3S/c1-2-17-20(22(30)27-28-9-11-33(31,32)12-10-28)26-29(19-8-7-16(25)13-18(19)24)21(17)14-3-5-15(23)6-4-14/h3-8,13,31-32H,2,9-12H2,1H3,(H,27,30). The molecule has 2 aromatic carbocycles. The molecule has 176 valence electrons. The van der Waals surface area contributed by atoms with E-state index in [-0.39, 0.29) is 22.2 Å². The topological polar surface area (TPSA) is 90.6 Å². The van der Waals surface area contributed by atoms with Gasteiger partial charge < -0.3 is 0 Å². The zero-order valence-electron chi connectivity index (χ0n) is 17.8. The lowest BCUT2D eigenvalue weighted by Crippen LogP contribution is -2.49. The van der Waals surface area contributed by atoms with Gasteiger partial charge in [0.05, 0.1) is 27.9 Å². The third-order valence-electron chi connectivity index (χ3n) is 5.44. The van der Waals surface area contributed by atoms with Crippen molar-refractivity contribution in [1.82, 2.24) is 20.2 Å². The maximum absolute atomic E-state index is 13.7. The number of amides is 1. The molecule has 0 unspecified atom stereocenters. The van der Waals surface area contributed by atoms with E-state index in [1.807, 2.05) is 31.2 Å². The lowest BCUT2D eigenvalue weighted by Gasteiger charge is -2.40. The van der Waals surface area contributed by atoms with E-state index in [4.69, 9.17) is 11.6 Å². The van der Waals surface area contributed by atoms with Gasteiger partial charge in [-0.25, -0.2) is 14.1 Å². The summed E-state index contributed by atoms with van der Waals surface area (Å²) in [4.78, 5) is 13.2. The van der Waals surface area contributed by atoms with Gasteiger partial charge in [-0.1, -0.05) is 46.6 Å². The molecule has 1 amide bonds. The van der Waals surface area contributed by atoms with Crippen molar-refractivity contribution >= 4 is 44.0 Å². The van der Waals surface area contributed by atoms with Crippen LogP contribution in [0.2, 0.25) is 5.02 Å². The number of hydrazine groups is 1. The Morgan fingerprint density at radius 3 is 2.48 bits per heavy atom. The number of halogens is 3. The summed E-state index contributed by atoms with van der Waals surface area (Å²) >= 11 is 9.79. The highest BCUT2D eigenvalue weighted by atomic mass is 79.9. The van der Waals surface area contributed by atoms with Crippen LogP contribution < -0.4 is 5.43 Å². The van der Waals surface area contributed by atoms with Crippen LogP contribution in [0.5, 0.6) is 0 Å². The van der Waals surface area contributed by atoms with Gasteiger partial charge in [-0.15, -0.1) is 0 Å². The first-order valence-corrected chi connectivity index (χ1v) is 13.4. The Balaban J connectivity index is 1.78. The van der Waals surface area contributed by atoms with Gasteiger partial charge in [0.15, 0.2) is 5.69 Å². The molecule has 11 heteroatoms. The Labute approximate surface area is 206 Å². The number of hydrogen-bond acceptors (Lipinski definition) is 5. The smallest absolute Gasteiger partial charge is 0.286 e. The maximum Gasteiger partial charge on any atom is 0.286 e. The predicted octanol–water partition coefficient (Wildman–Crippen LogP) is 5.37. The van der Waals surface area contributed by atoms with Gasteiger partial charge >= 0.3 is 0 Å². The summed E-state index contributed by atoms with van der Waals surface area (Å²) < 4.78 is 35.8. The Bertz CT molecular complexity index is 1180. The number of benzene rings is 2. The summed E-state index contributed by atoms with van der Waals surface area (Å²) in [6.07, 6.45) is 0.521.